The second kappa shape index (κ2) is 7.61. The smallest absolute Gasteiger partial charge is 0.434 e. The summed E-state index contributed by atoms with van der Waals surface area (Å²) in [5, 5.41) is 2.02. The SMILES string of the molecule is COCc1sc(NC(=O)c2c(OC)ncnc2OC)nc1C(F)(F)F. The van der Waals surface area contributed by atoms with Crippen molar-refractivity contribution in [2.24, 2.45) is 0 Å². The number of nitrogens with zero attached hydrogens (tertiary/aromatic N) is 3. The molecule has 12 heteroatoms. The summed E-state index contributed by atoms with van der Waals surface area (Å²) in [6, 6.07) is 0. The number of rotatable bonds is 6. The van der Waals surface area contributed by atoms with Crippen LogP contribution in [0.5, 0.6) is 11.8 Å². The Labute approximate surface area is 144 Å². The first-order valence-corrected chi connectivity index (χ1v) is 7.43. The number of nitrogens with one attached hydrogen (secondary N) is 1. The van der Waals surface area contributed by atoms with E-state index in [4.69, 9.17) is 14.2 Å². The molecule has 0 aliphatic heterocycles. The zero-order valence-electron chi connectivity index (χ0n) is 13.3. The molecule has 0 aliphatic carbocycles. The number of carbonyl (C=O) groups excluding carboxylic acids is 1. The molecule has 0 unspecified atom stereocenters. The van der Waals surface area contributed by atoms with Gasteiger partial charge in [-0.25, -0.2) is 15.0 Å². The van der Waals surface area contributed by atoms with Crippen LogP contribution < -0.4 is 14.8 Å². The van der Waals surface area contributed by atoms with Crippen molar-refractivity contribution in [2.45, 2.75) is 12.8 Å². The highest BCUT2D eigenvalue weighted by molar-refractivity contribution is 7.15. The molecule has 2 heterocycles. The van der Waals surface area contributed by atoms with E-state index in [0.717, 1.165) is 6.33 Å². The van der Waals surface area contributed by atoms with Crippen molar-refractivity contribution in [1.82, 2.24) is 15.0 Å². The fourth-order valence-electron chi connectivity index (χ4n) is 1.87. The zero-order chi connectivity index (χ0) is 18.6. The molecule has 0 fully saturated rings. The van der Waals surface area contributed by atoms with Gasteiger partial charge in [-0.15, -0.1) is 0 Å². The van der Waals surface area contributed by atoms with E-state index in [9.17, 15) is 18.0 Å². The van der Waals surface area contributed by atoms with Gasteiger partial charge in [-0.05, 0) is 0 Å². The molecule has 2 aromatic rings. The van der Waals surface area contributed by atoms with E-state index in [1.54, 1.807) is 0 Å². The maximum absolute atomic E-state index is 13.0. The molecule has 0 saturated carbocycles. The summed E-state index contributed by atoms with van der Waals surface area (Å²) in [5.41, 5.74) is -1.28. The first-order chi connectivity index (χ1) is 11.8. The zero-order valence-corrected chi connectivity index (χ0v) is 14.1. The number of aromatic nitrogens is 3. The summed E-state index contributed by atoms with van der Waals surface area (Å²) < 4.78 is 53.7. The van der Waals surface area contributed by atoms with Gasteiger partial charge in [0.2, 0.25) is 11.8 Å². The van der Waals surface area contributed by atoms with Gasteiger partial charge < -0.3 is 14.2 Å². The maximum Gasteiger partial charge on any atom is 0.434 e. The molecule has 0 saturated heterocycles. The molecule has 0 atom stereocenters. The Balaban J connectivity index is 2.36. The average molecular weight is 378 g/mol. The molecule has 0 aliphatic rings. The van der Waals surface area contributed by atoms with Crippen LogP contribution in [-0.2, 0) is 17.5 Å². The lowest BCUT2D eigenvalue weighted by molar-refractivity contribution is -0.141. The number of carbonyl (C=O) groups is 1. The summed E-state index contributed by atoms with van der Waals surface area (Å²) >= 11 is 0.650. The number of hydrogen-bond donors (Lipinski definition) is 1. The lowest BCUT2D eigenvalue weighted by Crippen LogP contribution is -2.16. The van der Waals surface area contributed by atoms with Crippen molar-refractivity contribution in [3.05, 3.63) is 22.5 Å². The number of halogens is 3. The van der Waals surface area contributed by atoms with E-state index in [1.807, 2.05) is 0 Å². The van der Waals surface area contributed by atoms with E-state index < -0.39 is 17.8 Å². The quantitative estimate of drug-likeness (QED) is 0.824. The molecule has 0 bridgehead atoms. The van der Waals surface area contributed by atoms with Crippen molar-refractivity contribution in [2.75, 3.05) is 26.6 Å². The monoisotopic (exact) mass is 378 g/mol. The van der Waals surface area contributed by atoms with Crippen molar-refractivity contribution in [3.8, 4) is 11.8 Å². The second-order valence-electron chi connectivity index (χ2n) is 4.44. The average Bonchev–Trinajstić information content (AvgIpc) is 2.97. The van der Waals surface area contributed by atoms with E-state index in [1.165, 1.54) is 21.3 Å². The number of hydrogen-bond acceptors (Lipinski definition) is 8. The third-order valence-electron chi connectivity index (χ3n) is 2.85. The number of anilines is 1. The molecule has 0 spiro atoms. The molecule has 0 aromatic carbocycles. The molecule has 2 aromatic heterocycles. The fourth-order valence-corrected chi connectivity index (χ4v) is 2.82. The molecule has 136 valence electrons. The topological polar surface area (TPSA) is 95.5 Å². The van der Waals surface area contributed by atoms with E-state index >= 15 is 0 Å². The highest BCUT2D eigenvalue weighted by atomic mass is 32.1. The highest BCUT2D eigenvalue weighted by Crippen LogP contribution is 2.37. The fraction of sp³-hybridized carbons (Fsp3) is 0.385. The molecule has 8 nitrogen and oxygen atoms in total. The lowest BCUT2D eigenvalue weighted by atomic mass is 10.3. The van der Waals surface area contributed by atoms with E-state index in [-0.39, 0.29) is 33.9 Å². The van der Waals surface area contributed by atoms with Crippen LogP contribution in [0.1, 0.15) is 20.9 Å². The molecule has 0 radical (unpaired) electrons. The van der Waals surface area contributed by atoms with Gasteiger partial charge in [-0.2, -0.15) is 13.2 Å². The van der Waals surface area contributed by atoms with Gasteiger partial charge in [0, 0.05) is 7.11 Å². The first-order valence-electron chi connectivity index (χ1n) is 6.62. The Kier molecular flexibility index (Phi) is 5.74. The number of amides is 1. The van der Waals surface area contributed by atoms with Crippen LogP contribution >= 0.6 is 11.3 Å². The van der Waals surface area contributed by atoms with Crippen LogP contribution in [0.2, 0.25) is 0 Å². The van der Waals surface area contributed by atoms with Gasteiger partial charge in [0.25, 0.3) is 5.91 Å². The summed E-state index contributed by atoms with van der Waals surface area (Å²) in [6.45, 7) is -0.288. The number of alkyl halides is 3. The predicted octanol–water partition coefficient (Wildman–Crippen LogP) is 2.37. The number of ether oxygens (including phenoxy) is 3. The van der Waals surface area contributed by atoms with Gasteiger partial charge in [0.1, 0.15) is 6.33 Å². The first kappa shape index (κ1) is 18.9. The van der Waals surface area contributed by atoms with Gasteiger partial charge in [-0.3, -0.25) is 10.1 Å². The summed E-state index contributed by atoms with van der Waals surface area (Å²) in [7, 11) is 3.82. The highest BCUT2D eigenvalue weighted by Gasteiger charge is 2.38. The third kappa shape index (κ3) is 4.14. The van der Waals surface area contributed by atoms with Crippen molar-refractivity contribution >= 4 is 22.4 Å². The Morgan fingerprint density at radius 1 is 1.20 bits per heavy atom. The van der Waals surface area contributed by atoms with Crippen LogP contribution in [0, 0.1) is 0 Å². The molecule has 25 heavy (non-hydrogen) atoms. The van der Waals surface area contributed by atoms with Crippen molar-refractivity contribution in [1.29, 1.82) is 0 Å². The molecule has 1 amide bonds. The Hall–Kier alpha value is -2.47. The van der Waals surface area contributed by atoms with Crippen LogP contribution in [0.3, 0.4) is 0 Å². The Bertz CT molecular complexity index is 744. The molecule has 2 rings (SSSR count). The van der Waals surface area contributed by atoms with Crippen LogP contribution in [0.4, 0.5) is 18.3 Å². The standard InChI is InChI=1S/C13H13F3N4O4S/c1-22-4-6-8(13(14,15)16)19-12(25-6)20-9(21)7-10(23-2)17-5-18-11(7)24-3/h5H,4H2,1-3H3,(H,19,20,21). The van der Waals surface area contributed by atoms with Gasteiger partial charge >= 0.3 is 6.18 Å². The van der Waals surface area contributed by atoms with Crippen LogP contribution in [-0.4, -0.2) is 42.2 Å². The Morgan fingerprint density at radius 3 is 2.28 bits per heavy atom. The van der Waals surface area contributed by atoms with Gasteiger partial charge in [-0.1, -0.05) is 11.3 Å². The normalized spacial score (nSPS) is 11.3. The third-order valence-corrected chi connectivity index (χ3v) is 3.80. The molecular weight excluding hydrogens is 365 g/mol. The lowest BCUT2D eigenvalue weighted by Gasteiger charge is -2.09. The Morgan fingerprint density at radius 2 is 1.80 bits per heavy atom. The maximum atomic E-state index is 13.0. The minimum atomic E-state index is -4.67. The van der Waals surface area contributed by atoms with Crippen molar-refractivity contribution < 1.29 is 32.2 Å². The largest absolute Gasteiger partial charge is 0.480 e. The summed E-state index contributed by atoms with van der Waals surface area (Å²) in [4.78, 5) is 23.2. The van der Waals surface area contributed by atoms with Crippen LogP contribution in [0.15, 0.2) is 6.33 Å². The van der Waals surface area contributed by atoms with E-state index in [2.05, 4.69) is 20.3 Å². The van der Waals surface area contributed by atoms with Gasteiger partial charge in [0.05, 0.1) is 25.7 Å². The predicted molar refractivity (Wildman–Crippen MR) is 80.9 cm³/mol. The minimum Gasteiger partial charge on any atom is -0.480 e. The summed E-state index contributed by atoms with van der Waals surface area (Å²) in [5.74, 6) is -0.996. The molecular formula is C13H13F3N4O4S. The minimum absolute atomic E-state index is 0.0888. The van der Waals surface area contributed by atoms with Gasteiger partial charge in [0.15, 0.2) is 16.4 Å². The number of thiazole rings is 1. The number of methoxy groups -OCH3 is 3. The summed E-state index contributed by atoms with van der Waals surface area (Å²) in [6.07, 6.45) is -3.55. The molecule has 1 N–H and O–H groups in total. The van der Waals surface area contributed by atoms with E-state index in [0.29, 0.717) is 11.3 Å². The van der Waals surface area contributed by atoms with Crippen LogP contribution in [0.25, 0.3) is 0 Å². The van der Waals surface area contributed by atoms with Crippen molar-refractivity contribution in [3.63, 3.8) is 0 Å². The second-order valence-corrected chi connectivity index (χ2v) is 5.53.